The minimum Gasteiger partial charge on any atom is -0.492 e. The minimum atomic E-state index is -0.0746. The summed E-state index contributed by atoms with van der Waals surface area (Å²) in [6.45, 7) is 4.09. The molecule has 0 radical (unpaired) electrons. The van der Waals surface area contributed by atoms with Gasteiger partial charge in [0.05, 0.1) is 41.1 Å². The molecular formula is C31H35N5O3. The molecule has 2 fully saturated rings. The van der Waals surface area contributed by atoms with Crippen molar-refractivity contribution in [2.75, 3.05) is 48.9 Å². The fourth-order valence-electron chi connectivity index (χ4n) is 5.79. The maximum absolute atomic E-state index is 13.3. The predicted octanol–water partition coefficient (Wildman–Crippen LogP) is 5.84. The standard InChI is InChI=1S/C31H35N5O3/c1-4-39-28-16-22(30(37)36-14-13-21(19-36)15-20-9-10-20)11-12-24(28)33-29-17-26-27(18-32-29)35(3)31(38)23-7-5-6-8-25(23)34(26)2/h5-8,11-12,16-18,20-21H,4,9-10,13-15,19H2,1-3H3,(H,32,33)/t21-/m0/s1. The summed E-state index contributed by atoms with van der Waals surface area (Å²) in [5.41, 5.74) is 4.43. The number of anilines is 5. The number of hydrogen-bond donors (Lipinski definition) is 1. The molecule has 2 aliphatic heterocycles. The summed E-state index contributed by atoms with van der Waals surface area (Å²) in [5, 5.41) is 3.38. The molecule has 3 heterocycles. The van der Waals surface area contributed by atoms with Crippen LogP contribution in [0.4, 0.5) is 28.6 Å². The lowest BCUT2D eigenvalue weighted by Crippen LogP contribution is -2.28. The van der Waals surface area contributed by atoms with E-state index in [1.807, 2.05) is 72.3 Å². The highest BCUT2D eigenvalue weighted by atomic mass is 16.5. The summed E-state index contributed by atoms with van der Waals surface area (Å²) in [5.74, 6) is 2.74. The highest BCUT2D eigenvalue weighted by Gasteiger charge is 2.32. The third-order valence-electron chi connectivity index (χ3n) is 8.11. The molecule has 8 nitrogen and oxygen atoms in total. The first-order chi connectivity index (χ1) is 18.9. The first kappa shape index (κ1) is 25.2. The molecule has 3 aliphatic rings. The number of fused-ring (bicyclic) bond motifs is 2. The van der Waals surface area contributed by atoms with Crippen LogP contribution in [0.2, 0.25) is 0 Å². The van der Waals surface area contributed by atoms with Crippen LogP contribution in [0, 0.1) is 11.8 Å². The van der Waals surface area contributed by atoms with Gasteiger partial charge in [0.25, 0.3) is 11.8 Å². The molecule has 1 atom stereocenters. The molecule has 8 heteroatoms. The number of hydrogen-bond acceptors (Lipinski definition) is 6. The Kier molecular flexibility index (Phi) is 6.62. The molecule has 0 spiro atoms. The number of nitrogens with zero attached hydrogens (tertiary/aromatic N) is 4. The van der Waals surface area contributed by atoms with Gasteiger partial charge in [-0.05, 0) is 61.9 Å². The van der Waals surface area contributed by atoms with Crippen LogP contribution in [-0.2, 0) is 0 Å². The van der Waals surface area contributed by atoms with Gasteiger partial charge >= 0.3 is 0 Å². The molecule has 2 aromatic carbocycles. The second kappa shape index (κ2) is 10.2. The van der Waals surface area contributed by atoms with E-state index >= 15 is 0 Å². The molecule has 6 rings (SSSR count). The van der Waals surface area contributed by atoms with E-state index in [0.29, 0.717) is 35.2 Å². The van der Waals surface area contributed by atoms with Crippen LogP contribution in [0.3, 0.4) is 0 Å². The number of aromatic nitrogens is 1. The largest absolute Gasteiger partial charge is 0.492 e. The number of carbonyl (C=O) groups is 2. The van der Waals surface area contributed by atoms with Crippen LogP contribution in [0.1, 0.15) is 53.3 Å². The third-order valence-corrected chi connectivity index (χ3v) is 8.11. The zero-order valence-electron chi connectivity index (χ0n) is 22.8. The van der Waals surface area contributed by atoms with Crippen molar-refractivity contribution in [1.82, 2.24) is 9.88 Å². The van der Waals surface area contributed by atoms with E-state index < -0.39 is 0 Å². The molecule has 39 heavy (non-hydrogen) atoms. The monoisotopic (exact) mass is 525 g/mol. The van der Waals surface area contributed by atoms with Crippen molar-refractivity contribution in [3.63, 3.8) is 0 Å². The van der Waals surface area contributed by atoms with Gasteiger partial charge in [0.2, 0.25) is 0 Å². The number of nitrogens with one attached hydrogen (secondary N) is 1. The molecule has 202 valence electrons. The summed E-state index contributed by atoms with van der Waals surface area (Å²) in [6, 6.07) is 15.1. The quantitative estimate of drug-likeness (QED) is 0.417. The van der Waals surface area contributed by atoms with Gasteiger partial charge in [-0.15, -0.1) is 0 Å². The van der Waals surface area contributed by atoms with E-state index in [9.17, 15) is 9.59 Å². The second-order valence-corrected chi connectivity index (χ2v) is 10.9. The Hall–Kier alpha value is -4.07. The first-order valence-corrected chi connectivity index (χ1v) is 13.9. The van der Waals surface area contributed by atoms with Crippen LogP contribution >= 0.6 is 0 Å². The molecule has 1 saturated heterocycles. The highest BCUT2D eigenvalue weighted by molar-refractivity contribution is 6.13. The molecule has 1 aromatic heterocycles. The average molecular weight is 526 g/mol. The number of ether oxygens (including phenoxy) is 1. The summed E-state index contributed by atoms with van der Waals surface area (Å²) >= 11 is 0. The highest BCUT2D eigenvalue weighted by Crippen LogP contribution is 2.41. The van der Waals surface area contributed by atoms with Gasteiger partial charge in [0, 0.05) is 38.8 Å². The maximum Gasteiger partial charge on any atom is 0.260 e. The van der Waals surface area contributed by atoms with Gasteiger partial charge in [-0.3, -0.25) is 9.59 Å². The van der Waals surface area contributed by atoms with Crippen LogP contribution in [-0.4, -0.2) is 55.5 Å². The van der Waals surface area contributed by atoms with Gasteiger partial charge in [0.15, 0.2) is 0 Å². The van der Waals surface area contributed by atoms with Crippen LogP contribution < -0.4 is 19.9 Å². The number of carbonyl (C=O) groups excluding carboxylic acids is 2. The predicted molar refractivity (Wildman–Crippen MR) is 154 cm³/mol. The van der Waals surface area contributed by atoms with Crippen LogP contribution in [0.5, 0.6) is 5.75 Å². The maximum atomic E-state index is 13.3. The van der Waals surface area contributed by atoms with E-state index in [-0.39, 0.29) is 11.8 Å². The van der Waals surface area contributed by atoms with Crippen molar-refractivity contribution in [3.8, 4) is 5.75 Å². The number of rotatable bonds is 7. The summed E-state index contributed by atoms with van der Waals surface area (Å²) in [7, 11) is 3.72. The van der Waals surface area contributed by atoms with Crippen molar-refractivity contribution >= 4 is 40.4 Å². The van der Waals surface area contributed by atoms with Crippen molar-refractivity contribution in [2.45, 2.75) is 32.6 Å². The van der Waals surface area contributed by atoms with E-state index in [4.69, 9.17) is 4.74 Å². The number of pyridine rings is 1. The van der Waals surface area contributed by atoms with Crippen molar-refractivity contribution in [2.24, 2.45) is 11.8 Å². The third kappa shape index (κ3) is 4.91. The Morgan fingerprint density at radius 1 is 1.00 bits per heavy atom. The SMILES string of the molecule is CCOc1cc(C(=O)N2CC[C@@H](CC3CC3)C2)ccc1Nc1cc2c(cn1)N(C)C(=O)c1ccccc1N2C. The lowest BCUT2D eigenvalue weighted by molar-refractivity contribution is 0.0785. The van der Waals surface area contributed by atoms with Crippen molar-refractivity contribution in [3.05, 3.63) is 65.9 Å². The zero-order valence-corrected chi connectivity index (χ0v) is 22.8. The number of para-hydroxylation sites is 1. The first-order valence-electron chi connectivity index (χ1n) is 13.9. The van der Waals surface area contributed by atoms with Crippen molar-refractivity contribution < 1.29 is 14.3 Å². The molecule has 3 aromatic rings. The molecule has 0 bridgehead atoms. The Morgan fingerprint density at radius 3 is 2.62 bits per heavy atom. The second-order valence-electron chi connectivity index (χ2n) is 10.9. The topological polar surface area (TPSA) is 78.0 Å². The molecule has 2 amide bonds. The van der Waals surface area contributed by atoms with E-state index in [1.54, 1.807) is 18.1 Å². The summed E-state index contributed by atoms with van der Waals surface area (Å²) < 4.78 is 5.95. The van der Waals surface area contributed by atoms with Crippen LogP contribution in [0.25, 0.3) is 0 Å². The summed E-state index contributed by atoms with van der Waals surface area (Å²) in [4.78, 5) is 36.6. The fourth-order valence-corrected chi connectivity index (χ4v) is 5.79. The van der Waals surface area contributed by atoms with Gasteiger partial charge in [-0.25, -0.2) is 4.98 Å². The Labute approximate surface area is 229 Å². The smallest absolute Gasteiger partial charge is 0.260 e. The van der Waals surface area contributed by atoms with Crippen LogP contribution in [0.15, 0.2) is 54.7 Å². The number of amides is 2. The molecule has 1 saturated carbocycles. The zero-order chi connectivity index (χ0) is 27.1. The number of benzene rings is 2. The Bertz CT molecular complexity index is 1420. The lowest BCUT2D eigenvalue weighted by Gasteiger charge is -2.23. The minimum absolute atomic E-state index is 0.0666. The lowest BCUT2D eigenvalue weighted by atomic mass is 10.0. The van der Waals surface area contributed by atoms with Gasteiger partial charge in [0.1, 0.15) is 11.6 Å². The van der Waals surface area contributed by atoms with E-state index in [0.717, 1.165) is 48.2 Å². The Morgan fingerprint density at radius 2 is 1.82 bits per heavy atom. The fraction of sp³-hybridized carbons (Fsp3) is 0.387. The van der Waals surface area contributed by atoms with E-state index in [1.165, 1.54) is 19.3 Å². The van der Waals surface area contributed by atoms with Gasteiger partial charge in [-0.2, -0.15) is 0 Å². The Balaban J connectivity index is 1.25. The van der Waals surface area contributed by atoms with E-state index in [2.05, 4.69) is 10.3 Å². The molecule has 1 aliphatic carbocycles. The normalized spacial score (nSPS) is 18.5. The summed E-state index contributed by atoms with van der Waals surface area (Å²) in [6.07, 6.45) is 6.78. The van der Waals surface area contributed by atoms with Gasteiger partial charge < -0.3 is 24.8 Å². The number of likely N-dealkylation sites (tertiary alicyclic amines) is 1. The molecular weight excluding hydrogens is 490 g/mol. The van der Waals surface area contributed by atoms with Gasteiger partial charge in [-0.1, -0.05) is 25.0 Å². The van der Waals surface area contributed by atoms with Crippen molar-refractivity contribution in [1.29, 1.82) is 0 Å². The molecule has 1 N–H and O–H groups in total. The molecule has 0 unspecified atom stereocenters. The average Bonchev–Trinajstić information content (AvgIpc) is 3.66.